The second kappa shape index (κ2) is 5.65. The van der Waals surface area contributed by atoms with Gasteiger partial charge in [-0.25, -0.2) is 0 Å². The average Bonchev–Trinajstić information content (AvgIpc) is 3.06. The van der Waals surface area contributed by atoms with Gasteiger partial charge in [-0.15, -0.1) is 0 Å². The maximum Gasteiger partial charge on any atom is 0.232 e. The van der Waals surface area contributed by atoms with Gasteiger partial charge in [-0.1, -0.05) is 18.2 Å². The van der Waals surface area contributed by atoms with E-state index in [4.69, 9.17) is 10.5 Å². The molecule has 4 rings (SSSR count). The zero-order valence-electron chi connectivity index (χ0n) is 13.6. The number of anilines is 1. The lowest BCUT2D eigenvalue weighted by molar-refractivity contribution is -0.125. The van der Waals surface area contributed by atoms with Crippen LogP contribution in [0.25, 0.3) is 11.1 Å². The Morgan fingerprint density at radius 1 is 1.12 bits per heavy atom. The predicted octanol–water partition coefficient (Wildman–Crippen LogP) is 2.89. The van der Waals surface area contributed by atoms with Gasteiger partial charge >= 0.3 is 0 Å². The van der Waals surface area contributed by atoms with Crippen LogP contribution in [0.1, 0.15) is 17.5 Å². The number of fused-ring (bicyclic) bond motifs is 1. The molecule has 122 valence electrons. The highest BCUT2D eigenvalue weighted by Crippen LogP contribution is 2.41. The van der Waals surface area contributed by atoms with E-state index < -0.39 is 5.41 Å². The highest BCUT2D eigenvalue weighted by molar-refractivity contribution is 5.99. The maximum absolute atomic E-state index is 12.6. The molecule has 1 N–H and O–H groups in total. The molecule has 0 radical (unpaired) electrons. The molecule has 2 aromatic rings. The lowest BCUT2D eigenvalue weighted by Crippen LogP contribution is -2.43. The van der Waals surface area contributed by atoms with E-state index in [1.54, 1.807) is 11.0 Å². The molecule has 5 heteroatoms. The number of amides is 1. The normalized spacial score (nSPS) is 21.4. The fourth-order valence-electron chi connectivity index (χ4n) is 3.80. The van der Waals surface area contributed by atoms with E-state index in [-0.39, 0.29) is 5.91 Å². The van der Waals surface area contributed by atoms with Gasteiger partial charge in [0.25, 0.3) is 0 Å². The molecule has 0 aromatic heterocycles. The molecule has 0 unspecified atom stereocenters. The fraction of sp³-hybridized carbons (Fsp3) is 0.250. The van der Waals surface area contributed by atoms with E-state index in [1.165, 1.54) is 0 Å². The number of rotatable bonds is 1. The number of nitrogens with zero attached hydrogens (tertiary/aromatic N) is 3. The Bertz CT molecular complexity index is 953. The summed E-state index contributed by atoms with van der Waals surface area (Å²) in [5.74, 6) is 0.0111. The van der Waals surface area contributed by atoms with Gasteiger partial charge in [-0.3, -0.25) is 4.79 Å². The largest absolute Gasteiger partial charge is 0.325 e. The molecular formula is C20H16N4O. The number of carbonyl (C=O) groups excluding carboxylic acids is 1. The average molecular weight is 328 g/mol. The molecule has 2 aromatic carbocycles. The summed E-state index contributed by atoms with van der Waals surface area (Å²) < 4.78 is 0. The van der Waals surface area contributed by atoms with Crippen LogP contribution in [0.2, 0.25) is 0 Å². The zero-order valence-corrected chi connectivity index (χ0v) is 13.6. The van der Waals surface area contributed by atoms with Crippen LogP contribution in [-0.4, -0.2) is 23.9 Å². The first-order valence-corrected chi connectivity index (χ1v) is 8.23. The van der Waals surface area contributed by atoms with Gasteiger partial charge in [0.1, 0.15) is 0 Å². The number of carbonyl (C=O) groups is 1. The van der Waals surface area contributed by atoms with Crippen molar-refractivity contribution >= 4 is 11.6 Å². The topological polar surface area (TPSA) is 79.9 Å². The molecule has 1 atom stereocenters. The van der Waals surface area contributed by atoms with Gasteiger partial charge in [0.2, 0.25) is 5.91 Å². The van der Waals surface area contributed by atoms with E-state index in [9.17, 15) is 4.79 Å². The van der Waals surface area contributed by atoms with Crippen molar-refractivity contribution in [1.29, 1.82) is 10.5 Å². The number of nitriles is 2. The van der Waals surface area contributed by atoms with Crippen LogP contribution in [0.4, 0.5) is 5.69 Å². The molecular weight excluding hydrogens is 312 g/mol. The Hall–Kier alpha value is -3.31. The van der Waals surface area contributed by atoms with Crippen molar-refractivity contribution in [2.24, 2.45) is 5.41 Å². The first kappa shape index (κ1) is 15.2. The van der Waals surface area contributed by atoms with Crippen molar-refractivity contribution in [2.45, 2.75) is 12.8 Å². The van der Waals surface area contributed by atoms with Crippen molar-refractivity contribution in [1.82, 2.24) is 4.90 Å². The standard InChI is InChI=1S/C20H16N4O/c21-11-14-2-1-3-15(8-14)16-4-5-18-17(9-16)10-20(19(25)23-18)6-7-24(12-20)13-22/h1-5,8-9H,6-7,10,12H2,(H,23,25)/t20-/m0/s1. The molecule has 2 aliphatic rings. The van der Waals surface area contributed by atoms with Crippen LogP contribution in [0.15, 0.2) is 42.5 Å². The summed E-state index contributed by atoms with van der Waals surface area (Å²) >= 11 is 0. The lowest BCUT2D eigenvalue weighted by atomic mass is 9.76. The van der Waals surface area contributed by atoms with E-state index in [0.29, 0.717) is 31.5 Å². The minimum Gasteiger partial charge on any atom is -0.325 e. The smallest absolute Gasteiger partial charge is 0.232 e. The van der Waals surface area contributed by atoms with Crippen molar-refractivity contribution in [2.75, 3.05) is 18.4 Å². The highest BCUT2D eigenvalue weighted by Gasteiger charge is 2.47. The van der Waals surface area contributed by atoms with Crippen LogP contribution in [0.3, 0.4) is 0 Å². The van der Waals surface area contributed by atoms with Crippen molar-refractivity contribution in [3.05, 3.63) is 53.6 Å². The number of nitrogens with one attached hydrogen (secondary N) is 1. The quantitative estimate of drug-likeness (QED) is 0.816. The van der Waals surface area contributed by atoms with E-state index in [1.807, 2.05) is 30.3 Å². The molecule has 1 saturated heterocycles. The molecule has 1 amide bonds. The Balaban J connectivity index is 1.71. The van der Waals surface area contributed by atoms with Crippen LogP contribution in [0.5, 0.6) is 0 Å². The van der Waals surface area contributed by atoms with Crippen LogP contribution >= 0.6 is 0 Å². The number of likely N-dealkylation sites (tertiary alicyclic amines) is 1. The van der Waals surface area contributed by atoms with Gasteiger partial charge in [-0.05, 0) is 53.8 Å². The third kappa shape index (κ3) is 2.51. The molecule has 2 heterocycles. The molecule has 25 heavy (non-hydrogen) atoms. The molecule has 1 fully saturated rings. The van der Waals surface area contributed by atoms with Gasteiger partial charge < -0.3 is 10.2 Å². The number of hydrogen-bond donors (Lipinski definition) is 1. The fourth-order valence-corrected chi connectivity index (χ4v) is 3.80. The Morgan fingerprint density at radius 2 is 1.96 bits per heavy atom. The first-order chi connectivity index (χ1) is 12.1. The molecule has 0 aliphatic carbocycles. The Kier molecular flexibility index (Phi) is 3.44. The van der Waals surface area contributed by atoms with Crippen molar-refractivity contribution in [3.63, 3.8) is 0 Å². The summed E-state index contributed by atoms with van der Waals surface area (Å²) in [4.78, 5) is 14.3. The Labute approximate surface area is 146 Å². The van der Waals surface area contributed by atoms with Gasteiger partial charge in [0, 0.05) is 18.8 Å². The van der Waals surface area contributed by atoms with Crippen molar-refractivity contribution < 1.29 is 4.79 Å². The summed E-state index contributed by atoms with van der Waals surface area (Å²) in [6, 6.07) is 15.6. The minimum atomic E-state index is -0.518. The zero-order chi connectivity index (χ0) is 17.4. The number of benzene rings is 2. The summed E-state index contributed by atoms with van der Waals surface area (Å²) in [7, 11) is 0. The van der Waals surface area contributed by atoms with Crippen LogP contribution in [-0.2, 0) is 11.2 Å². The van der Waals surface area contributed by atoms with Gasteiger partial charge in [0.05, 0.1) is 17.0 Å². The third-order valence-electron chi connectivity index (χ3n) is 5.18. The molecule has 0 saturated carbocycles. The summed E-state index contributed by atoms with van der Waals surface area (Å²) in [5.41, 5.74) is 4.04. The van der Waals surface area contributed by atoms with Crippen LogP contribution in [0, 0.1) is 28.2 Å². The number of hydrogen-bond acceptors (Lipinski definition) is 4. The summed E-state index contributed by atoms with van der Waals surface area (Å²) in [6.45, 7) is 1.10. The lowest BCUT2D eigenvalue weighted by Gasteiger charge is -2.33. The van der Waals surface area contributed by atoms with E-state index in [2.05, 4.69) is 23.6 Å². The SMILES string of the molecule is N#Cc1cccc(-c2ccc3c(c2)C[C@]2(CCN(C#N)C2)C(=O)N3)c1. The van der Waals surface area contributed by atoms with E-state index >= 15 is 0 Å². The first-order valence-electron chi connectivity index (χ1n) is 8.23. The second-order valence-corrected chi connectivity index (χ2v) is 6.75. The molecule has 1 spiro atoms. The van der Waals surface area contributed by atoms with Crippen LogP contribution < -0.4 is 5.32 Å². The molecule has 0 bridgehead atoms. The maximum atomic E-state index is 12.6. The second-order valence-electron chi connectivity index (χ2n) is 6.75. The Morgan fingerprint density at radius 3 is 2.72 bits per heavy atom. The van der Waals surface area contributed by atoms with Gasteiger partial charge in [0.15, 0.2) is 6.19 Å². The highest BCUT2D eigenvalue weighted by atomic mass is 16.2. The monoisotopic (exact) mass is 328 g/mol. The predicted molar refractivity (Wildman–Crippen MR) is 93.2 cm³/mol. The molecule has 2 aliphatic heterocycles. The van der Waals surface area contributed by atoms with E-state index in [0.717, 1.165) is 22.4 Å². The summed E-state index contributed by atoms with van der Waals surface area (Å²) in [5, 5.41) is 21.2. The third-order valence-corrected chi connectivity index (χ3v) is 5.18. The van der Waals surface area contributed by atoms with Crippen molar-refractivity contribution in [3.8, 4) is 23.4 Å². The summed E-state index contributed by atoms with van der Waals surface area (Å²) in [6.07, 6.45) is 3.48. The minimum absolute atomic E-state index is 0.0111. The van der Waals surface area contributed by atoms with Gasteiger partial charge in [-0.2, -0.15) is 10.5 Å². The molecule has 5 nitrogen and oxygen atoms in total.